The van der Waals surface area contributed by atoms with Crippen LogP contribution in [0.1, 0.15) is 28.8 Å². The highest BCUT2D eigenvalue weighted by Crippen LogP contribution is 2.16. The van der Waals surface area contributed by atoms with Gasteiger partial charge < -0.3 is 15.5 Å². The number of aryl methyl sites for hydroxylation is 2. The number of rotatable bonds is 7. The molecule has 0 aliphatic heterocycles. The molecular formula is C18H25N5O. The lowest BCUT2D eigenvalue weighted by Crippen LogP contribution is -2.32. The first-order valence-electron chi connectivity index (χ1n) is 8.12. The Balaban J connectivity index is 2.08. The number of likely N-dealkylation sites (N-methyl/N-ethyl adjacent to an activating group) is 1. The fourth-order valence-corrected chi connectivity index (χ4v) is 2.20. The van der Waals surface area contributed by atoms with Gasteiger partial charge in [0.1, 0.15) is 17.3 Å². The van der Waals surface area contributed by atoms with Crippen molar-refractivity contribution in [2.24, 2.45) is 0 Å². The third kappa shape index (κ3) is 5.31. The van der Waals surface area contributed by atoms with Gasteiger partial charge in [-0.3, -0.25) is 4.79 Å². The van der Waals surface area contributed by atoms with E-state index in [1.807, 2.05) is 31.1 Å². The maximum absolute atomic E-state index is 12.2. The molecule has 2 N–H and O–H groups in total. The van der Waals surface area contributed by atoms with Crippen LogP contribution in [0.25, 0.3) is 0 Å². The summed E-state index contributed by atoms with van der Waals surface area (Å²) in [7, 11) is 3.93. The molecule has 24 heavy (non-hydrogen) atoms. The Bertz CT molecular complexity index is 682. The second kappa shape index (κ2) is 8.40. The van der Waals surface area contributed by atoms with E-state index in [0.717, 1.165) is 18.7 Å². The lowest BCUT2D eigenvalue weighted by molar-refractivity contribution is 0.0945. The van der Waals surface area contributed by atoms with Crippen LogP contribution >= 0.6 is 0 Å². The van der Waals surface area contributed by atoms with Crippen LogP contribution in [0.15, 0.2) is 30.3 Å². The molecule has 2 aromatic rings. The molecular weight excluding hydrogens is 302 g/mol. The van der Waals surface area contributed by atoms with E-state index in [1.165, 1.54) is 5.56 Å². The molecule has 0 radical (unpaired) electrons. The molecule has 0 atom stereocenters. The average Bonchev–Trinajstić information content (AvgIpc) is 2.54. The monoisotopic (exact) mass is 327 g/mol. The molecule has 0 spiro atoms. The topological polar surface area (TPSA) is 70.2 Å². The van der Waals surface area contributed by atoms with Crippen molar-refractivity contribution in [3.63, 3.8) is 0 Å². The number of nitrogens with one attached hydrogen (secondary N) is 2. The van der Waals surface area contributed by atoms with Gasteiger partial charge >= 0.3 is 0 Å². The molecule has 0 bridgehead atoms. The minimum Gasteiger partial charge on any atom is -0.349 e. The molecule has 6 nitrogen and oxygen atoms in total. The summed E-state index contributed by atoms with van der Waals surface area (Å²) >= 11 is 0. The Morgan fingerprint density at radius 2 is 1.88 bits per heavy atom. The number of nitrogens with zero attached hydrogens (tertiary/aromatic N) is 3. The Labute approximate surface area is 143 Å². The zero-order valence-corrected chi connectivity index (χ0v) is 14.8. The van der Waals surface area contributed by atoms with Gasteiger partial charge in [0.15, 0.2) is 0 Å². The average molecular weight is 327 g/mol. The fraction of sp³-hybridized carbons (Fsp3) is 0.389. The number of anilines is 2. The molecule has 1 heterocycles. The molecule has 6 heteroatoms. The number of amides is 1. The summed E-state index contributed by atoms with van der Waals surface area (Å²) < 4.78 is 0. The largest absolute Gasteiger partial charge is 0.349 e. The minimum absolute atomic E-state index is 0.188. The molecule has 128 valence electrons. The van der Waals surface area contributed by atoms with E-state index in [9.17, 15) is 4.79 Å². The molecule has 2 rings (SSSR count). The molecule has 0 saturated heterocycles. The van der Waals surface area contributed by atoms with Gasteiger partial charge in [0.2, 0.25) is 0 Å². The predicted octanol–water partition coefficient (Wildman–Crippen LogP) is 2.38. The summed E-state index contributed by atoms with van der Waals surface area (Å²) in [5, 5.41) is 6.09. The quantitative estimate of drug-likeness (QED) is 0.817. The van der Waals surface area contributed by atoms with Crippen molar-refractivity contribution in [2.75, 3.05) is 32.5 Å². The summed E-state index contributed by atoms with van der Waals surface area (Å²) in [5.41, 5.74) is 2.58. The van der Waals surface area contributed by atoms with Crippen LogP contribution in [0.5, 0.6) is 0 Å². The number of carbonyl (C=O) groups excluding carboxylic acids is 1. The van der Waals surface area contributed by atoms with E-state index in [-0.39, 0.29) is 5.91 Å². The van der Waals surface area contributed by atoms with E-state index >= 15 is 0 Å². The summed E-state index contributed by atoms with van der Waals surface area (Å²) in [6.07, 6.45) is 1.00. The van der Waals surface area contributed by atoms with Gasteiger partial charge in [0, 0.05) is 24.8 Å². The molecule has 0 aliphatic rings. The van der Waals surface area contributed by atoms with Gasteiger partial charge in [-0.1, -0.05) is 19.1 Å². The highest BCUT2D eigenvalue weighted by atomic mass is 16.1. The number of aromatic nitrogens is 2. The van der Waals surface area contributed by atoms with Crippen LogP contribution in [0.2, 0.25) is 0 Å². The highest BCUT2D eigenvalue weighted by Gasteiger charge is 2.10. The molecule has 1 aromatic heterocycles. The number of hydrogen-bond acceptors (Lipinski definition) is 5. The first-order chi connectivity index (χ1) is 11.5. The standard InChI is InChI=1S/C18H25N5O/c1-5-14-6-8-15(9-7-14)22-17-12-16(20-13(2)21-17)18(24)19-10-11-23(3)4/h6-9,12H,5,10-11H2,1-4H3,(H,19,24)(H,20,21,22). The molecule has 0 fully saturated rings. The van der Waals surface area contributed by atoms with Crippen LogP contribution in [-0.2, 0) is 6.42 Å². The van der Waals surface area contributed by atoms with E-state index in [4.69, 9.17) is 0 Å². The van der Waals surface area contributed by atoms with Crippen molar-refractivity contribution in [3.05, 3.63) is 47.4 Å². The normalized spacial score (nSPS) is 10.7. The molecule has 0 aliphatic carbocycles. The van der Waals surface area contributed by atoms with Crippen molar-refractivity contribution in [1.82, 2.24) is 20.2 Å². The summed E-state index contributed by atoms with van der Waals surface area (Å²) in [6, 6.07) is 9.84. The van der Waals surface area contributed by atoms with Crippen molar-refractivity contribution >= 4 is 17.4 Å². The lowest BCUT2D eigenvalue weighted by atomic mass is 10.1. The Morgan fingerprint density at radius 1 is 1.17 bits per heavy atom. The van der Waals surface area contributed by atoms with Gasteiger partial charge in [-0.2, -0.15) is 0 Å². The van der Waals surface area contributed by atoms with Crippen LogP contribution in [0.3, 0.4) is 0 Å². The van der Waals surface area contributed by atoms with Crippen LogP contribution in [0, 0.1) is 6.92 Å². The van der Waals surface area contributed by atoms with Crippen LogP contribution in [0.4, 0.5) is 11.5 Å². The Kier molecular flexibility index (Phi) is 6.26. The first-order valence-corrected chi connectivity index (χ1v) is 8.12. The third-order valence-electron chi connectivity index (χ3n) is 3.55. The SMILES string of the molecule is CCc1ccc(Nc2cc(C(=O)NCCN(C)C)nc(C)n2)cc1. The third-order valence-corrected chi connectivity index (χ3v) is 3.55. The zero-order valence-electron chi connectivity index (χ0n) is 14.8. The Hall–Kier alpha value is -2.47. The zero-order chi connectivity index (χ0) is 17.5. The maximum atomic E-state index is 12.2. The van der Waals surface area contributed by atoms with Crippen molar-refractivity contribution in [3.8, 4) is 0 Å². The van der Waals surface area contributed by atoms with E-state index in [0.29, 0.717) is 23.9 Å². The lowest BCUT2D eigenvalue weighted by Gasteiger charge is -2.11. The second-order valence-corrected chi connectivity index (χ2v) is 5.92. The van der Waals surface area contributed by atoms with Gasteiger partial charge in [0.25, 0.3) is 5.91 Å². The summed E-state index contributed by atoms with van der Waals surface area (Å²) in [6.45, 7) is 5.26. The first kappa shape index (κ1) is 17.9. The molecule has 1 aromatic carbocycles. The minimum atomic E-state index is -0.188. The maximum Gasteiger partial charge on any atom is 0.270 e. The number of hydrogen-bond donors (Lipinski definition) is 2. The summed E-state index contributed by atoms with van der Waals surface area (Å²) in [5.74, 6) is 0.985. The van der Waals surface area contributed by atoms with E-state index in [2.05, 4.69) is 39.7 Å². The fourth-order valence-electron chi connectivity index (χ4n) is 2.20. The Morgan fingerprint density at radius 3 is 2.50 bits per heavy atom. The van der Waals surface area contributed by atoms with Crippen LogP contribution < -0.4 is 10.6 Å². The van der Waals surface area contributed by atoms with E-state index < -0.39 is 0 Å². The van der Waals surface area contributed by atoms with Crippen LogP contribution in [-0.4, -0.2) is 48.0 Å². The molecule has 0 saturated carbocycles. The number of benzene rings is 1. The molecule has 1 amide bonds. The predicted molar refractivity (Wildman–Crippen MR) is 96.8 cm³/mol. The van der Waals surface area contributed by atoms with Crippen molar-refractivity contribution in [1.29, 1.82) is 0 Å². The molecule has 0 unspecified atom stereocenters. The van der Waals surface area contributed by atoms with Gasteiger partial charge in [0.05, 0.1) is 0 Å². The van der Waals surface area contributed by atoms with E-state index in [1.54, 1.807) is 13.0 Å². The van der Waals surface area contributed by atoms with Gasteiger partial charge in [-0.15, -0.1) is 0 Å². The van der Waals surface area contributed by atoms with Crippen molar-refractivity contribution < 1.29 is 4.79 Å². The van der Waals surface area contributed by atoms with Crippen molar-refractivity contribution in [2.45, 2.75) is 20.3 Å². The summed E-state index contributed by atoms with van der Waals surface area (Å²) in [4.78, 5) is 22.8. The van der Waals surface area contributed by atoms with Gasteiger partial charge in [-0.25, -0.2) is 9.97 Å². The number of carbonyl (C=O) groups is 1. The smallest absolute Gasteiger partial charge is 0.270 e. The second-order valence-electron chi connectivity index (χ2n) is 5.92. The highest BCUT2D eigenvalue weighted by molar-refractivity contribution is 5.93. The van der Waals surface area contributed by atoms with Gasteiger partial charge in [-0.05, 0) is 45.1 Å².